The fraction of sp³-hybridized carbons (Fsp3) is 0.0870. The van der Waals surface area contributed by atoms with Crippen molar-refractivity contribution in [2.45, 2.75) is 12.0 Å². The smallest absolute Gasteiger partial charge is 0.164 e. The average molecular weight is 350 g/mol. The molecule has 0 aliphatic carbocycles. The fourth-order valence-electron chi connectivity index (χ4n) is 3.55. The van der Waals surface area contributed by atoms with Crippen LogP contribution < -0.4 is 0 Å². The van der Waals surface area contributed by atoms with Crippen LogP contribution in [0.15, 0.2) is 97.3 Å². The van der Waals surface area contributed by atoms with Gasteiger partial charge in [-0.05, 0) is 16.7 Å². The van der Waals surface area contributed by atoms with Crippen molar-refractivity contribution >= 4 is 0 Å². The summed E-state index contributed by atoms with van der Waals surface area (Å²) in [4.78, 5) is 4.38. The maximum absolute atomic E-state index is 9.04. The highest BCUT2D eigenvalue weighted by molar-refractivity contribution is 5.50. The number of hydrogen-bond acceptors (Lipinski definition) is 3. The van der Waals surface area contributed by atoms with Gasteiger partial charge in [0, 0.05) is 0 Å². The van der Waals surface area contributed by atoms with Gasteiger partial charge in [-0.1, -0.05) is 91.0 Å². The number of nitriles is 1. The van der Waals surface area contributed by atoms with Gasteiger partial charge in [-0.2, -0.15) is 10.4 Å². The summed E-state index contributed by atoms with van der Waals surface area (Å²) in [5.41, 5.74) is 2.56. The van der Waals surface area contributed by atoms with Crippen molar-refractivity contribution in [1.29, 1.82) is 5.26 Å². The Bertz CT molecular complexity index is 951. The Morgan fingerprint density at radius 1 is 0.741 bits per heavy atom. The van der Waals surface area contributed by atoms with Gasteiger partial charge < -0.3 is 0 Å². The molecular formula is C23H18N4. The summed E-state index contributed by atoms with van der Waals surface area (Å²) in [6.45, 7) is 0. The zero-order valence-electron chi connectivity index (χ0n) is 14.7. The van der Waals surface area contributed by atoms with Crippen molar-refractivity contribution in [1.82, 2.24) is 14.8 Å². The molecule has 1 aromatic heterocycles. The molecule has 27 heavy (non-hydrogen) atoms. The van der Waals surface area contributed by atoms with Crippen molar-refractivity contribution in [2.24, 2.45) is 0 Å². The average Bonchev–Trinajstić information content (AvgIpc) is 3.20. The van der Waals surface area contributed by atoms with Crippen LogP contribution in [0.5, 0.6) is 0 Å². The fourth-order valence-corrected chi connectivity index (χ4v) is 3.55. The second-order valence-corrected chi connectivity index (χ2v) is 6.25. The Hall–Kier alpha value is -3.71. The Morgan fingerprint density at radius 3 is 1.59 bits per heavy atom. The van der Waals surface area contributed by atoms with Crippen LogP contribution in [0.2, 0.25) is 0 Å². The largest absolute Gasteiger partial charge is 0.233 e. The molecule has 4 heteroatoms. The van der Waals surface area contributed by atoms with E-state index in [1.807, 2.05) is 59.3 Å². The van der Waals surface area contributed by atoms with Crippen LogP contribution in [0, 0.1) is 11.3 Å². The Balaban J connectivity index is 2.08. The third-order valence-corrected chi connectivity index (χ3v) is 4.69. The van der Waals surface area contributed by atoms with Gasteiger partial charge in [0.1, 0.15) is 11.9 Å². The van der Waals surface area contributed by atoms with Gasteiger partial charge in [-0.15, -0.1) is 0 Å². The van der Waals surface area contributed by atoms with E-state index >= 15 is 0 Å². The molecular weight excluding hydrogens is 332 g/mol. The summed E-state index contributed by atoms with van der Waals surface area (Å²) in [7, 11) is 0. The third-order valence-electron chi connectivity index (χ3n) is 4.69. The Kier molecular flexibility index (Phi) is 4.51. The second-order valence-electron chi connectivity index (χ2n) is 6.25. The van der Waals surface area contributed by atoms with Gasteiger partial charge in [0.25, 0.3) is 0 Å². The third kappa shape index (κ3) is 2.90. The molecule has 0 saturated heterocycles. The minimum absolute atomic E-state index is 0.182. The summed E-state index contributed by atoms with van der Waals surface area (Å²) in [5, 5.41) is 13.7. The highest BCUT2D eigenvalue weighted by Crippen LogP contribution is 2.39. The Labute approximate surface area is 158 Å². The summed E-state index contributed by atoms with van der Waals surface area (Å²) in [6, 6.07) is 33.0. The summed E-state index contributed by atoms with van der Waals surface area (Å²) >= 11 is 0. The van der Waals surface area contributed by atoms with Crippen LogP contribution in [0.3, 0.4) is 0 Å². The van der Waals surface area contributed by atoms with E-state index in [2.05, 4.69) is 52.6 Å². The first kappa shape index (κ1) is 16.7. The molecule has 1 heterocycles. The Morgan fingerprint density at radius 2 is 1.19 bits per heavy atom. The monoisotopic (exact) mass is 350 g/mol. The molecule has 0 N–H and O–H groups in total. The molecule has 0 atom stereocenters. The molecule has 0 bridgehead atoms. The van der Waals surface area contributed by atoms with Gasteiger partial charge in [0.15, 0.2) is 5.82 Å². The minimum Gasteiger partial charge on any atom is -0.233 e. The molecule has 0 unspecified atom stereocenters. The van der Waals surface area contributed by atoms with E-state index in [1.165, 1.54) is 0 Å². The first-order chi connectivity index (χ1) is 13.4. The second kappa shape index (κ2) is 7.27. The van der Waals surface area contributed by atoms with Crippen molar-refractivity contribution in [3.8, 4) is 6.07 Å². The number of aromatic nitrogens is 3. The van der Waals surface area contributed by atoms with Crippen LogP contribution in [-0.4, -0.2) is 14.8 Å². The maximum atomic E-state index is 9.04. The number of hydrogen-bond donors (Lipinski definition) is 0. The van der Waals surface area contributed by atoms with Crippen LogP contribution >= 0.6 is 0 Å². The van der Waals surface area contributed by atoms with Crippen LogP contribution in [0.1, 0.15) is 22.5 Å². The van der Waals surface area contributed by atoms with E-state index in [0.717, 1.165) is 16.7 Å². The predicted octanol–water partition coefficient (Wildman–Crippen LogP) is 4.18. The van der Waals surface area contributed by atoms with Gasteiger partial charge in [0.05, 0.1) is 12.5 Å². The first-order valence-electron chi connectivity index (χ1n) is 8.80. The van der Waals surface area contributed by atoms with E-state index < -0.39 is 5.54 Å². The van der Waals surface area contributed by atoms with E-state index in [1.54, 1.807) is 6.33 Å². The minimum atomic E-state index is -0.676. The van der Waals surface area contributed by atoms with Gasteiger partial charge in [-0.3, -0.25) is 0 Å². The SMILES string of the molecule is N#CCc1ncn(C(c2ccccc2)(c2ccccc2)c2ccccc2)n1. The van der Waals surface area contributed by atoms with E-state index in [9.17, 15) is 0 Å². The highest BCUT2D eigenvalue weighted by atomic mass is 15.4. The number of benzene rings is 3. The molecule has 0 amide bonds. The van der Waals surface area contributed by atoms with E-state index in [0.29, 0.717) is 5.82 Å². The lowest BCUT2D eigenvalue weighted by Gasteiger charge is -2.35. The van der Waals surface area contributed by atoms with Gasteiger partial charge >= 0.3 is 0 Å². The van der Waals surface area contributed by atoms with E-state index in [4.69, 9.17) is 5.26 Å². The van der Waals surface area contributed by atoms with Crippen molar-refractivity contribution in [3.05, 3.63) is 120 Å². The molecule has 0 aliphatic rings. The van der Waals surface area contributed by atoms with Crippen molar-refractivity contribution < 1.29 is 0 Å². The quantitative estimate of drug-likeness (QED) is 0.507. The lowest BCUT2D eigenvalue weighted by Crippen LogP contribution is -2.38. The number of nitrogens with zero attached hydrogens (tertiary/aromatic N) is 4. The lowest BCUT2D eigenvalue weighted by atomic mass is 9.77. The molecule has 4 nitrogen and oxygen atoms in total. The molecule has 0 spiro atoms. The molecule has 3 aromatic carbocycles. The standard InChI is InChI=1S/C23H18N4/c24-17-16-22-25-18-27(26-22)23(19-10-4-1-5-11-19,20-12-6-2-7-13-20)21-14-8-3-9-15-21/h1-15,18H,16H2. The van der Waals surface area contributed by atoms with Crippen LogP contribution in [0.25, 0.3) is 0 Å². The van der Waals surface area contributed by atoms with E-state index in [-0.39, 0.29) is 6.42 Å². The predicted molar refractivity (Wildman–Crippen MR) is 104 cm³/mol. The lowest BCUT2D eigenvalue weighted by molar-refractivity contribution is 0.456. The molecule has 0 aliphatic heterocycles. The molecule has 4 aromatic rings. The first-order valence-corrected chi connectivity index (χ1v) is 8.80. The van der Waals surface area contributed by atoms with Crippen molar-refractivity contribution in [2.75, 3.05) is 0 Å². The van der Waals surface area contributed by atoms with Crippen molar-refractivity contribution in [3.63, 3.8) is 0 Å². The molecule has 0 fully saturated rings. The summed E-state index contributed by atoms with van der Waals surface area (Å²) in [5.74, 6) is 0.518. The topological polar surface area (TPSA) is 54.5 Å². The van der Waals surface area contributed by atoms with Gasteiger partial charge in [-0.25, -0.2) is 9.67 Å². The van der Waals surface area contributed by atoms with Gasteiger partial charge in [0.2, 0.25) is 0 Å². The highest BCUT2D eigenvalue weighted by Gasteiger charge is 2.39. The normalized spacial score (nSPS) is 11.1. The summed E-state index contributed by atoms with van der Waals surface area (Å²) in [6.07, 6.45) is 1.90. The van der Waals surface area contributed by atoms with Crippen LogP contribution in [0.4, 0.5) is 0 Å². The molecule has 0 saturated carbocycles. The van der Waals surface area contributed by atoms with Crippen LogP contribution in [-0.2, 0) is 12.0 Å². The zero-order chi connectivity index (χ0) is 18.5. The maximum Gasteiger partial charge on any atom is 0.164 e. The summed E-state index contributed by atoms with van der Waals surface area (Å²) < 4.78 is 1.87. The number of rotatable bonds is 5. The molecule has 130 valence electrons. The molecule has 4 rings (SSSR count). The zero-order valence-corrected chi connectivity index (χ0v) is 14.7. The molecule has 0 radical (unpaired) electrons.